The van der Waals surface area contributed by atoms with Crippen molar-refractivity contribution in [2.24, 2.45) is 5.92 Å². The number of rotatable bonds is 4. The molecule has 5 heteroatoms. The molecule has 0 unspecified atom stereocenters. The Morgan fingerprint density at radius 3 is 2.26 bits per heavy atom. The van der Waals surface area contributed by atoms with Crippen molar-refractivity contribution in [3.63, 3.8) is 0 Å². The first-order chi connectivity index (χ1) is 13.1. The molecule has 4 rings (SSSR count). The van der Waals surface area contributed by atoms with Gasteiger partial charge in [0, 0.05) is 38.8 Å². The van der Waals surface area contributed by atoms with Gasteiger partial charge in [-0.2, -0.15) is 0 Å². The van der Waals surface area contributed by atoms with E-state index >= 15 is 0 Å². The number of nitrogens with zero attached hydrogens (tertiary/aromatic N) is 5. The molecule has 0 bridgehead atoms. The maximum Gasteiger partial charge on any atom is 0.0890 e. The van der Waals surface area contributed by atoms with Crippen molar-refractivity contribution in [1.29, 1.82) is 0 Å². The van der Waals surface area contributed by atoms with Gasteiger partial charge in [0.2, 0.25) is 0 Å². The lowest BCUT2D eigenvalue weighted by Gasteiger charge is -2.42. The Kier molecular flexibility index (Phi) is 5.71. The van der Waals surface area contributed by atoms with Gasteiger partial charge in [-0.25, -0.2) is 9.97 Å². The maximum atomic E-state index is 4.89. The van der Waals surface area contributed by atoms with Gasteiger partial charge in [-0.05, 0) is 64.9 Å². The van der Waals surface area contributed by atoms with E-state index in [0.29, 0.717) is 6.04 Å². The molecule has 27 heavy (non-hydrogen) atoms. The number of para-hydroxylation sites is 2. The molecule has 146 valence electrons. The number of likely N-dealkylation sites (N-methyl/N-ethyl adjacent to an activating group) is 1. The Morgan fingerprint density at radius 1 is 0.963 bits per heavy atom. The molecule has 0 amide bonds. The molecular weight excluding hydrogens is 334 g/mol. The molecule has 2 aliphatic heterocycles. The van der Waals surface area contributed by atoms with E-state index in [4.69, 9.17) is 9.97 Å². The molecule has 0 spiro atoms. The van der Waals surface area contributed by atoms with Crippen molar-refractivity contribution in [1.82, 2.24) is 24.7 Å². The van der Waals surface area contributed by atoms with Crippen LogP contribution in [0.4, 0.5) is 0 Å². The van der Waals surface area contributed by atoms with Gasteiger partial charge in [-0.15, -0.1) is 0 Å². The largest absolute Gasteiger partial charge is 0.304 e. The smallest absolute Gasteiger partial charge is 0.0890 e. The number of likely N-dealkylation sites (tertiary alicyclic amines) is 1. The van der Waals surface area contributed by atoms with Crippen LogP contribution in [-0.4, -0.2) is 77.0 Å². The number of aromatic nitrogens is 2. The molecule has 5 nitrogen and oxygen atoms in total. The van der Waals surface area contributed by atoms with Crippen LogP contribution in [0.15, 0.2) is 24.3 Å². The number of fused-ring (bicyclic) bond motifs is 1. The lowest BCUT2D eigenvalue weighted by atomic mass is 9.89. The number of piperazine rings is 1. The van der Waals surface area contributed by atoms with Crippen molar-refractivity contribution < 1.29 is 0 Å². The van der Waals surface area contributed by atoms with E-state index in [1.165, 1.54) is 52.1 Å². The molecule has 1 aromatic heterocycles. The van der Waals surface area contributed by atoms with Crippen LogP contribution >= 0.6 is 0 Å². The summed E-state index contributed by atoms with van der Waals surface area (Å²) in [5.74, 6) is 0.827. The van der Waals surface area contributed by atoms with Gasteiger partial charge < -0.3 is 4.90 Å². The fraction of sp³-hybridized carbons (Fsp3) is 0.636. The highest BCUT2D eigenvalue weighted by molar-refractivity contribution is 5.74. The van der Waals surface area contributed by atoms with Crippen molar-refractivity contribution in [2.45, 2.75) is 39.3 Å². The van der Waals surface area contributed by atoms with Crippen molar-refractivity contribution in [3.8, 4) is 0 Å². The summed E-state index contributed by atoms with van der Waals surface area (Å²) in [6, 6.07) is 8.90. The molecule has 2 fully saturated rings. The average molecular weight is 368 g/mol. The molecule has 1 atom stereocenters. The second-order valence-corrected chi connectivity index (χ2v) is 8.44. The molecule has 2 aliphatic rings. The van der Waals surface area contributed by atoms with E-state index in [0.717, 1.165) is 34.9 Å². The molecule has 0 aliphatic carbocycles. The summed E-state index contributed by atoms with van der Waals surface area (Å²) in [7, 11) is 2.23. The van der Waals surface area contributed by atoms with Gasteiger partial charge in [-0.3, -0.25) is 9.80 Å². The lowest BCUT2D eigenvalue weighted by molar-refractivity contribution is 0.0595. The first-order valence-corrected chi connectivity index (χ1v) is 10.5. The van der Waals surface area contributed by atoms with Crippen molar-refractivity contribution >= 4 is 11.0 Å². The molecular formula is C22H33N5. The Morgan fingerprint density at radius 2 is 1.59 bits per heavy atom. The highest BCUT2D eigenvalue weighted by atomic mass is 15.3. The Bertz CT molecular complexity index is 760. The fourth-order valence-corrected chi connectivity index (χ4v) is 4.61. The molecule has 0 radical (unpaired) electrons. The van der Waals surface area contributed by atoms with Gasteiger partial charge in [0.15, 0.2) is 0 Å². The minimum Gasteiger partial charge on any atom is -0.304 e. The SMILES string of the molecule is Cc1nc2ccccc2nc1CN1CCC([C@@H](C)N2CCN(C)CC2)CC1. The molecule has 1 aromatic carbocycles. The van der Waals surface area contributed by atoms with Crippen LogP contribution in [0, 0.1) is 12.8 Å². The van der Waals surface area contributed by atoms with Gasteiger partial charge in [-0.1, -0.05) is 12.1 Å². The van der Waals surface area contributed by atoms with Crippen LogP contribution in [0.1, 0.15) is 31.2 Å². The summed E-state index contributed by atoms with van der Waals surface area (Å²) in [5.41, 5.74) is 4.22. The molecule has 2 aromatic rings. The normalized spacial score (nSPS) is 22.3. The highest BCUT2D eigenvalue weighted by Crippen LogP contribution is 2.26. The van der Waals surface area contributed by atoms with E-state index in [-0.39, 0.29) is 0 Å². The van der Waals surface area contributed by atoms with Crippen LogP contribution in [0.5, 0.6) is 0 Å². The fourth-order valence-electron chi connectivity index (χ4n) is 4.61. The zero-order chi connectivity index (χ0) is 18.8. The van der Waals surface area contributed by atoms with Crippen LogP contribution in [-0.2, 0) is 6.54 Å². The second kappa shape index (κ2) is 8.21. The quantitative estimate of drug-likeness (QED) is 0.830. The molecule has 3 heterocycles. The second-order valence-electron chi connectivity index (χ2n) is 8.44. The van der Waals surface area contributed by atoms with Crippen LogP contribution in [0.25, 0.3) is 11.0 Å². The zero-order valence-corrected chi connectivity index (χ0v) is 17.1. The van der Waals surface area contributed by atoms with Gasteiger partial charge in [0.25, 0.3) is 0 Å². The van der Waals surface area contributed by atoms with Crippen LogP contribution < -0.4 is 0 Å². The predicted molar refractivity (Wildman–Crippen MR) is 111 cm³/mol. The number of aryl methyl sites for hydroxylation is 1. The van der Waals surface area contributed by atoms with E-state index in [2.05, 4.69) is 41.7 Å². The molecule has 0 saturated carbocycles. The molecule has 2 saturated heterocycles. The summed E-state index contributed by atoms with van der Waals surface area (Å²) in [5, 5.41) is 0. The number of hydrogen-bond donors (Lipinski definition) is 0. The summed E-state index contributed by atoms with van der Waals surface area (Å²) < 4.78 is 0. The molecule has 0 N–H and O–H groups in total. The van der Waals surface area contributed by atoms with Crippen molar-refractivity contribution in [2.75, 3.05) is 46.3 Å². The first-order valence-electron chi connectivity index (χ1n) is 10.5. The van der Waals surface area contributed by atoms with Crippen molar-refractivity contribution in [3.05, 3.63) is 35.7 Å². The average Bonchev–Trinajstić information content (AvgIpc) is 2.69. The summed E-state index contributed by atoms with van der Waals surface area (Å²) >= 11 is 0. The third-order valence-electron chi connectivity index (χ3n) is 6.64. The Hall–Kier alpha value is -1.56. The topological polar surface area (TPSA) is 35.5 Å². The summed E-state index contributed by atoms with van der Waals surface area (Å²) in [6.45, 7) is 12.7. The van der Waals surface area contributed by atoms with Gasteiger partial charge in [0.1, 0.15) is 0 Å². The van der Waals surface area contributed by atoms with Gasteiger partial charge in [0.05, 0.1) is 22.4 Å². The Balaban J connectivity index is 1.34. The highest BCUT2D eigenvalue weighted by Gasteiger charge is 2.29. The predicted octanol–water partition coefficient (Wildman–Crippen LogP) is 2.79. The lowest BCUT2D eigenvalue weighted by Crippen LogP contribution is -2.51. The third-order valence-corrected chi connectivity index (χ3v) is 6.64. The number of piperidine rings is 1. The van der Waals surface area contributed by atoms with E-state index in [9.17, 15) is 0 Å². The monoisotopic (exact) mass is 367 g/mol. The minimum atomic E-state index is 0.711. The number of hydrogen-bond acceptors (Lipinski definition) is 5. The zero-order valence-electron chi connectivity index (χ0n) is 17.1. The Labute approximate surface area is 163 Å². The van der Waals surface area contributed by atoms with Crippen LogP contribution in [0.3, 0.4) is 0 Å². The summed E-state index contributed by atoms with van der Waals surface area (Å²) in [4.78, 5) is 17.4. The standard InChI is InChI=1S/C22H33N5/c1-17-22(24-21-7-5-4-6-20(21)23-17)16-26-10-8-19(9-11-26)18(2)27-14-12-25(3)13-15-27/h4-7,18-19H,8-16H2,1-3H3/t18-/m1/s1. The summed E-state index contributed by atoms with van der Waals surface area (Å²) in [6.07, 6.45) is 2.60. The minimum absolute atomic E-state index is 0.711. The van der Waals surface area contributed by atoms with Crippen LogP contribution in [0.2, 0.25) is 0 Å². The van der Waals surface area contributed by atoms with E-state index in [1.807, 2.05) is 18.2 Å². The van der Waals surface area contributed by atoms with E-state index in [1.54, 1.807) is 0 Å². The number of benzene rings is 1. The van der Waals surface area contributed by atoms with Gasteiger partial charge >= 0.3 is 0 Å². The first kappa shape index (κ1) is 18.8. The third kappa shape index (κ3) is 4.31. The van der Waals surface area contributed by atoms with E-state index < -0.39 is 0 Å². The maximum absolute atomic E-state index is 4.89.